The van der Waals surface area contributed by atoms with Gasteiger partial charge in [0.25, 0.3) is 0 Å². The predicted octanol–water partition coefficient (Wildman–Crippen LogP) is 6.51. The van der Waals surface area contributed by atoms with Gasteiger partial charge >= 0.3 is 12.2 Å². The fraction of sp³-hybridized carbons (Fsp3) is 0.516. The second-order valence-electron chi connectivity index (χ2n) is 12.7. The Hall–Kier alpha value is -3.39. The summed E-state index contributed by atoms with van der Waals surface area (Å²) in [5.74, 6) is 0. The Morgan fingerprint density at radius 2 is 1.72 bits per heavy atom. The van der Waals surface area contributed by atoms with Crippen LogP contribution in [0.4, 0.5) is 9.59 Å². The average molecular weight is 533 g/mol. The summed E-state index contributed by atoms with van der Waals surface area (Å²) < 4.78 is 12.8. The number of carbonyl (C=O) groups is 2. The Bertz CT molecular complexity index is 1430. The molecule has 4 heterocycles. The summed E-state index contributed by atoms with van der Waals surface area (Å²) in [5.41, 5.74) is 6.23. The van der Waals surface area contributed by atoms with E-state index in [1.165, 1.54) is 21.3 Å². The molecule has 0 unspecified atom stereocenters. The van der Waals surface area contributed by atoms with Gasteiger partial charge < -0.3 is 19.7 Å². The van der Waals surface area contributed by atoms with Crippen molar-refractivity contribution in [2.75, 3.05) is 13.1 Å². The maximum atomic E-state index is 13.1. The minimum Gasteiger partial charge on any atom is -0.444 e. The molecule has 2 aromatic heterocycles. The topological polar surface area (TPSA) is 85.7 Å². The van der Waals surface area contributed by atoms with Gasteiger partial charge in [0, 0.05) is 36.4 Å². The lowest BCUT2D eigenvalue weighted by atomic mass is 9.87. The number of nitrogens with one attached hydrogen (secondary N) is 1. The summed E-state index contributed by atoms with van der Waals surface area (Å²) in [7, 11) is 0. The maximum absolute atomic E-state index is 13.1. The summed E-state index contributed by atoms with van der Waals surface area (Å²) >= 11 is 0. The smallest absolute Gasteiger partial charge is 0.420 e. The number of likely N-dealkylation sites (tertiary alicyclic amines) is 1. The van der Waals surface area contributed by atoms with Crippen molar-refractivity contribution in [1.29, 1.82) is 0 Å². The van der Waals surface area contributed by atoms with Crippen molar-refractivity contribution in [1.82, 2.24) is 19.8 Å². The molecular formula is C31H40N4O4. The Labute approximate surface area is 230 Å². The third kappa shape index (κ3) is 5.66. The second-order valence-corrected chi connectivity index (χ2v) is 12.7. The lowest BCUT2D eigenvalue weighted by Gasteiger charge is -2.32. The van der Waals surface area contributed by atoms with Crippen LogP contribution in [0.3, 0.4) is 0 Å². The molecule has 1 atom stereocenters. The molecule has 2 aliphatic rings. The van der Waals surface area contributed by atoms with E-state index in [1.54, 1.807) is 6.20 Å². The summed E-state index contributed by atoms with van der Waals surface area (Å²) in [5, 5.41) is 4.43. The number of rotatable bonds is 2. The summed E-state index contributed by atoms with van der Waals surface area (Å²) in [6, 6.07) is 6.56. The molecule has 208 valence electrons. The van der Waals surface area contributed by atoms with Crippen molar-refractivity contribution in [3.8, 4) is 11.1 Å². The Balaban J connectivity index is 1.55. The number of hydrogen-bond acceptors (Lipinski definition) is 6. The van der Waals surface area contributed by atoms with Gasteiger partial charge in [-0.25, -0.2) is 19.1 Å². The predicted molar refractivity (Wildman–Crippen MR) is 152 cm³/mol. The Kier molecular flexibility index (Phi) is 6.95. The summed E-state index contributed by atoms with van der Waals surface area (Å²) in [4.78, 5) is 32.6. The van der Waals surface area contributed by atoms with E-state index in [0.717, 1.165) is 54.4 Å². The zero-order chi connectivity index (χ0) is 28.1. The molecule has 3 aromatic rings. The number of pyridine rings is 1. The molecule has 39 heavy (non-hydrogen) atoms. The molecule has 8 nitrogen and oxygen atoms in total. The average Bonchev–Trinajstić information content (AvgIpc) is 3.46. The number of aromatic nitrogens is 2. The highest BCUT2D eigenvalue weighted by atomic mass is 16.6. The van der Waals surface area contributed by atoms with Crippen LogP contribution in [0.2, 0.25) is 0 Å². The third-order valence-corrected chi connectivity index (χ3v) is 7.26. The van der Waals surface area contributed by atoms with E-state index in [4.69, 9.17) is 14.5 Å². The van der Waals surface area contributed by atoms with Gasteiger partial charge in [0.1, 0.15) is 16.8 Å². The molecule has 1 N–H and O–H groups in total. The second kappa shape index (κ2) is 9.97. The number of aryl methyl sites for hydroxylation is 1. The first kappa shape index (κ1) is 27.2. The number of amides is 1. The van der Waals surface area contributed by atoms with Crippen LogP contribution in [0.1, 0.15) is 82.7 Å². The van der Waals surface area contributed by atoms with E-state index in [9.17, 15) is 9.59 Å². The number of benzene rings is 1. The van der Waals surface area contributed by atoms with Crippen molar-refractivity contribution in [3.05, 3.63) is 52.8 Å². The van der Waals surface area contributed by atoms with Gasteiger partial charge in [0.05, 0.1) is 6.04 Å². The molecule has 1 fully saturated rings. The van der Waals surface area contributed by atoms with Crippen molar-refractivity contribution >= 4 is 23.2 Å². The number of fused-ring (bicyclic) bond motifs is 2. The van der Waals surface area contributed by atoms with Crippen molar-refractivity contribution in [3.63, 3.8) is 0 Å². The molecular weight excluding hydrogens is 492 g/mol. The fourth-order valence-corrected chi connectivity index (χ4v) is 5.60. The monoisotopic (exact) mass is 532 g/mol. The first-order valence-corrected chi connectivity index (χ1v) is 13.9. The summed E-state index contributed by atoms with van der Waals surface area (Å²) in [6.45, 7) is 15.7. The van der Waals surface area contributed by atoms with Gasteiger partial charge in [0.2, 0.25) is 0 Å². The quantitative estimate of drug-likeness (QED) is 0.405. The van der Waals surface area contributed by atoms with Crippen LogP contribution < -0.4 is 5.32 Å². The highest BCUT2D eigenvalue weighted by Gasteiger charge is 2.35. The van der Waals surface area contributed by atoms with E-state index in [2.05, 4.69) is 23.5 Å². The molecule has 1 aromatic carbocycles. The molecule has 0 bridgehead atoms. The number of ether oxygens (including phenoxy) is 2. The first-order chi connectivity index (χ1) is 18.3. The normalized spacial score (nSPS) is 17.8. The van der Waals surface area contributed by atoms with Gasteiger partial charge in [-0.1, -0.05) is 6.07 Å². The Morgan fingerprint density at radius 1 is 1.00 bits per heavy atom. The van der Waals surface area contributed by atoms with E-state index in [-0.39, 0.29) is 12.1 Å². The molecule has 0 aliphatic carbocycles. The molecule has 0 spiro atoms. The minimum atomic E-state index is -0.594. The Morgan fingerprint density at radius 3 is 2.44 bits per heavy atom. The lowest BCUT2D eigenvalue weighted by molar-refractivity contribution is 0.0223. The molecule has 0 radical (unpaired) electrons. The lowest BCUT2D eigenvalue weighted by Crippen LogP contribution is -2.37. The standard InChI is InChI=1S/C31H40N4O4/c1-19-18-35(29(37)39-31(5,6)7)27-23(19)15-22(16-33-27)21-13-20-10-11-32-17-25(20)24(14-21)26-9-8-12-34(26)28(36)38-30(2,3)4/h13-16,18,26,32H,8-12,17H2,1-7H3/t26-/m0/s1. The van der Waals surface area contributed by atoms with Crippen LogP contribution in [0.15, 0.2) is 30.6 Å². The van der Waals surface area contributed by atoms with Crippen molar-refractivity contribution in [2.45, 2.75) is 91.5 Å². The molecule has 8 heteroatoms. The number of carbonyl (C=O) groups excluding carboxylic acids is 2. The minimum absolute atomic E-state index is 0.0277. The van der Waals surface area contributed by atoms with E-state index in [1.807, 2.05) is 59.6 Å². The van der Waals surface area contributed by atoms with E-state index < -0.39 is 17.3 Å². The van der Waals surface area contributed by atoms with Gasteiger partial charge in [-0.3, -0.25) is 0 Å². The van der Waals surface area contributed by atoms with Crippen LogP contribution >= 0.6 is 0 Å². The van der Waals surface area contributed by atoms with Crippen LogP contribution in [-0.2, 0) is 22.4 Å². The maximum Gasteiger partial charge on any atom is 0.420 e. The molecule has 1 saturated heterocycles. The van der Waals surface area contributed by atoms with Crippen LogP contribution in [0.25, 0.3) is 22.2 Å². The van der Waals surface area contributed by atoms with Crippen LogP contribution in [0, 0.1) is 6.92 Å². The third-order valence-electron chi connectivity index (χ3n) is 7.26. The largest absolute Gasteiger partial charge is 0.444 e. The zero-order valence-corrected chi connectivity index (χ0v) is 24.2. The molecule has 1 amide bonds. The molecule has 2 aliphatic heterocycles. The van der Waals surface area contributed by atoms with E-state index in [0.29, 0.717) is 12.2 Å². The molecule has 5 rings (SSSR count). The number of hydrogen-bond donors (Lipinski definition) is 1. The van der Waals surface area contributed by atoms with Crippen LogP contribution in [-0.4, -0.2) is 50.9 Å². The zero-order valence-electron chi connectivity index (χ0n) is 24.2. The van der Waals surface area contributed by atoms with Crippen molar-refractivity contribution in [2.24, 2.45) is 0 Å². The summed E-state index contributed by atoms with van der Waals surface area (Å²) in [6.07, 6.45) is 5.71. The van der Waals surface area contributed by atoms with Crippen LogP contribution in [0.5, 0.6) is 0 Å². The van der Waals surface area contributed by atoms with Gasteiger partial charge in [-0.05, 0) is 114 Å². The SMILES string of the molecule is Cc1cn(C(=O)OC(C)(C)C)c2ncc(-c3cc4c(c([C@@H]5CCCN5C(=O)OC(C)(C)C)c3)CNCC4)cc12. The first-order valence-electron chi connectivity index (χ1n) is 13.9. The van der Waals surface area contributed by atoms with Gasteiger partial charge in [-0.2, -0.15) is 0 Å². The number of nitrogens with zero attached hydrogens (tertiary/aromatic N) is 3. The highest BCUT2D eigenvalue weighted by molar-refractivity contribution is 5.91. The molecule has 0 saturated carbocycles. The fourth-order valence-electron chi connectivity index (χ4n) is 5.60. The van der Waals surface area contributed by atoms with Crippen molar-refractivity contribution < 1.29 is 19.1 Å². The van der Waals surface area contributed by atoms with Gasteiger partial charge in [-0.15, -0.1) is 0 Å². The van der Waals surface area contributed by atoms with E-state index >= 15 is 0 Å². The van der Waals surface area contributed by atoms with Gasteiger partial charge in [0.15, 0.2) is 0 Å². The highest BCUT2D eigenvalue weighted by Crippen LogP contribution is 2.39.